The first-order valence-corrected chi connectivity index (χ1v) is 6.21. The molecule has 1 fully saturated rings. The summed E-state index contributed by atoms with van der Waals surface area (Å²) in [6.07, 6.45) is -3.85. The monoisotopic (exact) mass is 299 g/mol. The lowest BCUT2D eigenvalue weighted by Crippen LogP contribution is -2.47. The van der Waals surface area contributed by atoms with Gasteiger partial charge in [0, 0.05) is 13.0 Å². The number of hydrogen-bond acceptors (Lipinski definition) is 6. The molecule has 2 aromatic heterocycles. The number of hydrogen-bond donors (Lipinski definition) is 2. The van der Waals surface area contributed by atoms with Crippen molar-refractivity contribution in [2.75, 3.05) is 23.7 Å². The zero-order valence-corrected chi connectivity index (χ0v) is 10.8. The van der Waals surface area contributed by atoms with Gasteiger partial charge in [-0.1, -0.05) is 0 Å². The Morgan fingerprint density at radius 1 is 1.29 bits per heavy atom. The summed E-state index contributed by atoms with van der Waals surface area (Å²) in [5.41, 5.74) is 3.14. The molecule has 0 aliphatic carbocycles. The number of rotatable bonds is 1. The molecule has 2 aromatic rings. The van der Waals surface area contributed by atoms with Crippen LogP contribution in [0.1, 0.15) is 6.42 Å². The van der Waals surface area contributed by atoms with E-state index in [1.165, 1.54) is 17.3 Å². The van der Waals surface area contributed by atoms with Crippen LogP contribution in [0.2, 0.25) is 0 Å². The largest absolute Gasteiger partial charge is 0.418 e. The number of fused-ring (bicyclic) bond motifs is 1. The molecular formula is C12H12F3N5O. The predicted molar refractivity (Wildman–Crippen MR) is 69.6 cm³/mol. The van der Waals surface area contributed by atoms with Gasteiger partial charge in [-0.2, -0.15) is 13.2 Å². The minimum Gasteiger partial charge on any atom is -0.384 e. The maximum Gasteiger partial charge on any atom is 0.418 e. The van der Waals surface area contributed by atoms with Gasteiger partial charge in [0.05, 0.1) is 11.9 Å². The third-order valence-electron chi connectivity index (χ3n) is 3.57. The molecular weight excluding hydrogens is 287 g/mol. The molecule has 3 N–H and O–H groups in total. The van der Waals surface area contributed by atoms with Gasteiger partial charge in [-0.05, 0) is 12.1 Å². The van der Waals surface area contributed by atoms with Crippen molar-refractivity contribution in [3.8, 4) is 0 Å². The van der Waals surface area contributed by atoms with Gasteiger partial charge in [-0.15, -0.1) is 0 Å². The Morgan fingerprint density at radius 3 is 2.71 bits per heavy atom. The van der Waals surface area contributed by atoms with Crippen LogP contribution in [0.3, 0.4) is 0 Å². The second-order valence-corrected chi connectivity index (χ2v) is 5.01. The van der Waals surface area contributed by atoms with E-state index in [0.29, 0.717) is 16.9 Å². The molecule has 21 heavy (non-hydrogen) atoms. The average molecular weight is 299 g/mol. The molecule has 3 rings (SSSR count). The second kappa shape index (κ2) is 4.42. The van der Waals surface area contributed by atoms with E-state index in [-0.39, 0.29) is 12.4 Å². The smallest absolute Gasteiger partial charge is 0.384 e. The molecule has 112 valence electrons. The summed E-state index contributed by atoms with van der Waals surface area (Å²) in [6.45, 7) is -0.514. The van der Waals surface area contributed by atoms with Gasteiger partial charge in [-0.3, -0.25) is 0 Å². The number of aromatic nitrogens is 3. The quantitative estimate of drug-likeness (QED) is 0.820. The molecule has 1 saturated heterocycles. The maximum absolute atomic E-state index is 12.9. The van der Waals surface area contributed by atoms with Crippen molar-refractivity contribution < 1.29 is 18.3 Å². The van der Waals surface area contributed by atoms with Crippen LogP contribution in [-0.4, -0.2) is 44.9 Å². The highest BCUT2D eigenvalue weighted by molar-refractivity contribution is 5.87. The van der Waals surface area contributed by atoms with E-state index < -0.39 is 24.7 Å². The SMILES string of the molecule is Nc1ccc2c(N3CCC(O)(C(F)(F)F)C3)ncnc2n1. The Kier molecular flexibility index (Phi) is 2.90. The van der Waals surface area contributed by atoms with Crippen molar-refractivity contribution in [3.05, 3.63) is 18.5 Å². The van der Waals surface area contributed by atoms with Crippen molar-refractivity contribution >= 4 is 22.7 Å². The number of nitrogens with two attached hydrogens (primary N) is 1. The molecule has 3 heterocycles. The summed E-state index contributed by atoms with van der Waals surface area (Å²) in [6, 6.07) is 3.14. The highest BCUT2D eigenvalue weighted by Crippen LogP contribution is 2.39. The van der Waals surface area contributed by atoms with Crippen molar-refractivity contribution in [2.24, 2.45) is 0 Å². The van der Waals surface area contributed by atoms with Gasteiger partial charge in [0.25, 0.3) is 0 Å². The molecule has 0 spiro atoms. The lowest BCUT2D eigenvalue weighted by atomic mass is 10.0. The Hall–Kier alpha value is -2.16. The van der Waals surface area contributed by atoms with Gasteiger partial charge >= 0.3 is 6.18 Å². The van der Waals surface area contributed by atoms with Gasteiger partial charge in [-0.25, -0.2) is 15.0 Å². The van der Waals surface area contributed by atoms with Gasteiger partial charge in [0.2, 0.25) is 0 Å². The topological polar surface area (TPSA) is 88.2 Å². The van der Waals surface area contributed by atoms with Gasteiger partial charge < -0.3 is 15.7 Å². The standard InChI is InChI=1S/C12H12F3N5O/c13-12(14,15)11(21)3-4-20(5-11)10-7-1-2-8(16)19-9(7)17-6-18-10/h1-2,6,21H,3-5H2,(H2,16,17,18,19). The Labute approximate surface area is 117 Å². The van der Waals surface area contributed by atoms with Crippen molar-refractivity contribution in [1.29, 1.82) is 0 Å². The van der Waals surface area contributed by atoms with Crippen molar-refractivity contribution in [1.82, 2.24) is 15.0 Å². The number of anilines is 2. The maximum atomic E-state index is 12.9. The van der Waals surface area contributed by atoms with Crippen LogP contribution >= 0.6 is 0 Å². The summed E-state index contributed by atoms with van der Waals surface area (Å²) >= 11 is 0. The third kappa shape index (κ3) is 2.23. The summed E-state index contributed by atoms with van der Waals surface area (Å²) < 4.78 is 38.6. The number of halogens is 3. The molecule has 0 aromatic carbocycles. The summed E-state index contributed by atoms with van der Waals surface area (Å²) in [4.78, 5) is 13.4. The van der Waals surface area contributed by atoms with Gasteiger partial charge in [0.15, 0.2) is 11.2 Å². The zero-order chi connectivity index (χ0) is 15.3. The number of nitrogens with zero attached hydrogens (tertiary/aromatic N) is 4. The average Bonchev–Trinajstić information content (AvgIpc) is 2.81. The molecule has 1 aliphatic heterocycles. The minimum absolute atomic E-state index is 0.0481. The highest BCUT2D eigenvalue weighted by Gasteiger charge is 2.57. The first kappa shape index (κ1) is 13.8. The van der Waals surface area contributed by atoms with Crippen molar-refractivity contribution in [3.63, 3.8) is 0 Å². The normalized spacial score (nSPS) is 23.0. The first-order valence-electron chi connectivity index (χ1n) is 6.21. The van der Waals surface area contributed by atoms with E-state index in [4.69, 9.17) is 5.73 Å². The number of alkyl halides is 3. The van der Waals surface area contributed by atoms with E-state index in [9.17, 15) is 18.3 Å². The van der Waals surface area contributed by atoms with E-state index in [0.717, 1.165) is 0 Å². The predicted octanol–water partition coefficient (Wildman–Crippen LogP) is 1.11. The Bertz CT molecular complexity index is 692. The van der Waals surface area contributed by atoms with Crippen LogP contribution in [0.15, 0.2) is 18.5 Å². The number of aliphatic hydroxyl groups is 1. The van der Waals surface area contributed by atoms with Crippen LogP contribution < -0.4 is 10.6 Å². The summed E-state index contributed by atoms with van der Waals surface area (Å²) in [7, 11) is 0. The first-order chi connectivity index (χ1) is 9.80. The summed E-state index contributed by atoms with van der Waals surface area (Å²) in [5.74, 6) is 0.577. The Morgan fingerprint density at radius 2 is 2.05 bits per heavy atom. The summed E-state index contributed by atoms with van der Waals surface area (Å²) in [5, 5.41) is 10.2. The van der Waals surface area contributed by atoms with Gasteiger partial charge in [0.1, 0.15) is 18.0 Å². The minimum atomic E-state index is -4.67. The fourth-order valence-corrected chi connectivity index (χ4v) is 2.40. The molecule has 1 aliphatic rings. The van der Waals surface area contributed by atoms with E-state index in [1.807, 2.05) is 0 Å². The molecule has 1 unspecified atom stereocenters. The Balaban J connectivity index is 2.00. The van der Waals surface area contributed by atoms with E-state index in [2.05, 4.69) is 15.0 Å². The molecule has 0 radical (unpaired) electrons. The van der Waals surface area contributed by atoms with Crippen LogP contribution in [-0.2, 0) is 0 Å². The lowest BCUT2D eigenvalue weighted by Gasteiger charge is -2.26. The zero-order valence-electron chi connectivity index (χ0n) is 10.8. The van der Waals surface area contributed by atoms with Crippen LogP contribution in [0.5, 0.6) is 0 Å². The highest BCUT2D eigenvalue weighted by atomic mass is 19.4. The molecule has 6 nitrogen and oxygen atoms in total. The lowest BCUT2D eigenvalue weighted by molar-refractivity contribution is -0.250. The number of nitrogen functional groups attached to an aromatic ring is 1. The molecule has 1 atom stereocenters. The second-order valence-electron chi connectivity index (χ2n) is 5.01. The number of pyridine rings is 1. The van der Waals surface area contributed by atoms with E-state index in [1.54, 1.807) is 6.07 Å². The van der Waals surface area contributed by atoms with Crippen LogP contribution in [0, 0.1) is 0 Å². The van der Waals surface area contributed by atoms with Crippen LogP contribution in [0.4, 0.5) is 24.8 Å². The van der Waals surface area contributed by atoms with Crippen molar-refractivity contribution in [2.45, 2.75) is 18.2 Å². The number of β-amino-alcohol motifs (C(OH)–C–C–N with tert-alkyl or cyclic N) is 1. The van der Waals surface area contributed by atoms with E-state index >= 15 is 0 Å². The fourth-order valence-electron chi connectivity index (χ4n) is 2.40. The third-order valence-corrected chi connectivity index (χ3v) is 3.57. The molecule has 0 amide bonds. The molecule has 0 saturated carbocycles. The molecule has 9 heteroatoms. The van der Waals surface area contributed by atoms with Crippen LogP contribution in [0.25, 0.3) is 11.0 Å². The molecule has 0 bridgehead atoms. The fraction of sp³-hybridized carbons (Fsp3) is 0.417.